The Labute approximate surface area is 203 Å². The van der Waals surface area contributed by atoms with Crippen LogP contribution in [0.25, 0.3) is 11.1 Å². The van der Waals surface area contributed by atoms with Crippen LogP contribution in [0.1, 0.15) is 38.3 Å². The van der Waals surface area contributed by atoms with E-state index in [2.05, 4.69) is 73.2 Å². The maximum absolute atomic E-state index is 13.1. The van der Waals surface area contributed by atoms with Gasteiger partial charge in [-0.1, -0.05) is 51.1 Å². The van der Waals surface area contributed by atoms with Crippen LogP contribution in [0.2, 0.25) is 0 Å². The third kappa shape index (κ3) is 6.57. The number of ether oxygens (including phenoxy) is 2. The van der Waals surface area contributed by atoms with Crippen molar-refractivity contribution in [2.24, 2.45) is 11.3 Å². The molecule has 1 heterocycles. The fourth-order valence-electron chi connectivity index (χ4n) is 4.14. The molecule has 1 aliphatic heterocycles. The van der Waals surface area contributed by atoms with Crippen molar-refractivity contribution < 1.29 is 14.3 Å². The van der Waals surface area contributed by atoms with Gasteiger partial charge in [-0.05, 0) is 59.6 Å². The zero-order valence-corrected chi connectivity index (χ0v) is 21.1. The lowest BCUT2D eigenvalue weighted by atomic mass is 9.78. The molecule has 3 rings (SSSR count). The molecule has 7 nitrogen and oxygen atoms in total. The average Bonchev–Trinajstić information content (AvgIpc) is 3.10. The molecule has 2 aromatic rings. The molecule has 7 heteroatoms. The van der Waals surface area contributed by atoms with Crippen molar-refractivity contribution in [2.75, 3.05) is 32.2 Å². The molecule has 1 aliphatic rings. The van der Waals surface area contributed by atoms with Crippen LogP contribution in [0.15, 0.2) is 42.5 Å². The normalized spacial score (nSPS) is 19.8. The molecule has 186 valence electrons. The predicted octanol–water partition coefficient (Wildman–Crippen LogP) is 3.41. The number of rotatable bonds is 9. The Hall–Kier alpha value is -2.45. The third-order valence-corrected chi connectivity index (χ3v) is 7.09. The number of hydrogen-bond acceptors (Lipinski definition) is 6. The number of nitrogens with two attached hydrogens (primary N) is 1. The van der Waals surface area contributed by atoms with Gasteiger partial charge in [-0.15, -0.1) is 0 Å². The summed E-state index contributed by atoms with van der Waals surface area (Å²) >= 11 is 0. The van der Waals surface area contributed by atoms with Crippen LogP contribution in [0, 0.1) is 12.3 Å². The van der Waals surface area contributed by atoms with E-state index in [0.29, 0.717) is 19.7 Å². The van der Waals surface area contributed by atoms with Gasteiger partial charge in [-0.25, -0.2) is 0 Å². The fourth-order valence-corrected chi connectivity index (χ4v) is 4.14. The number of aryl methyl sites for hydroxylation is 1. The van der Waals surface area contributed by atoms with Gasteiger partial charge in [0.25, 0.3) is 5.91 Å². The number of benzene rings is 2. The van der Waals surface area contributed by atoms with Crippen LogP contribution in [0.3, 0.4) is 0 Å². The Morgan fingerprint density at radius 2 is 1.91 bits per heavy atom. The monoisotopic (exact) mass is 468 g/mol. The minimum atomic E-state index is -0.521. The highest BCUT2D eigenvalue weighted by Crippen LogP contribution is 2.29. The first-order chi connectivity index (χ1) is 16.3. The van der Waals surface area contributed by atoms with Gasteiger partial charge in [-0.3, -0.25) is 10.6 Å². The van der Waals surface area contributed by atoms with Gasteiger partial charge in [0, 0.05) is 26.2 Å². The first-order valence-electron chi connectivity index (χ1n) is 12.1. The summed E-state index contributed by atoms with van der Waals surface area (Å²) < 4.78 is 11.2. The molecule has 3 atom stereocenters. The maximum atomic E-state index is 13.1. The topological polar surface area (TPSA) is 97.6 Å². The second-order valence-corrected chi connectivity index (χ2v) is 9.82. The number of hydrazine groups is 1. The lowest BCUT2D eigenvalue weighted by Gasteiger charge is -2.35. The number of anilines is 1. The van der Waals surface area contributed by atoms with Crippen molar-refractivity contribution in [3.63, 3.8) is 0 Å². The summed E-state index contributed by atoms with van der Waals surface area (Å²) in [5.74, 6) is 5.48. The van der Waals surface area contributed by atoms with E-state index in [1.54, 1.807) is 7.11 Å². The van der Waals surface area contributed by atoms with Crippen LogP contribution < -0.4 is 21.9 Å². The van der Waals surface area contributed by atoms with Gasteiger partial charge >= 0.3 is 0 Å². The molecule has 1 saturated heterocycles. The molecule has 0 radical (unpaired) electrons. The summed E-state index contributed by atoms with van der Waals surface area (Å²) in [4.78, 5) is 13.1. The lowest BCUT2D eigenvalue weighted by Crippen LogP contribution is -2.51. The SMILES string of the molecule is CCC(C)(C)C(Cc1ccc(-c2ccc(NN)c(C)c2)cc1)NC(=O)C1CNCC(OC)CO1. The quantitative estimate of drug-likeness (QED) is 0.333. The lowest BCUT2D eigenvalue weighted by molar-refractivity contribution is -0.135. The molecule has 34 heavy (non-hydrogen) atoms. The standard InChI is InChI=1S/C27H40N4O3/c1-6-27(3,4)25(30-26(32)24-16-29-15-22(33-5)17-34-24)14-19-7-9-20(10-8-19)21-11-12-23(31-28)18(2)13-21/h7-13,22,24-25,29,31H,6,14-17,28H2,1-5H3,(H,30,32). The van der Waals surface area contributed by atoms with Gasteiger partial charge in [-0.2, -0.15) is 0 Å². The van der Waals surface area contributed by atoms with Gasteiger partial charge in [0.15, 0.2) is 0 Å². The number of hydrogen-bond donors (Lipinski definition) is 4. The van der Waals surface area contributed by atoms with Crippen molar-refractivity contribution >= 4 is 11.6 Å². The molecule has 0 bridgehead atoms. The number of nitrogens with one attached hydrogen (secondary N) is 3. The number of amides is 1. The molecule has 0 aliphatic carbocycles. The van der Waals surface area contributed by atoms with E-state index >= 15 is 0 Å². The molecule has 1 amide bonds. The number of carbonyl (C=O) groups is 1. The van der Waals surface area contributed by atoms with Crippen molar-refractivity contribution in [3.05, 3.63) is 53.6 Å². The van der Waals surface area contributed by atoms with E-state index < -0.39 is 6.10 Å². The molecular formula is C27H40N4O3. The summed E-state index contributed by atoms with van der Waals surface area (Å²) in [6.07, 6.45) is 1.15. The second kappa shape index (κ2) is 11.8. The zero-order valence-electron chi connectivity index (χ0n) is 21.1. The first kappa shape index (κ1) is 26.2. The number of methoxy groups -OCH3 is 1. The van der Waals surface area contributed by atoms with Crippen LogP contribution in [0.4, 0.5) is 5.69 Å². The summed E-state index contributed by atoms with van der Waals surface area (Å²) in [5.41, 5.74) is 8.16. The molecular weight excluding hydrogens is 428 g/mol. The Bertz CT molecular complexity index is 945. The molecule has 2 aromatic carbocycles. The van der Waals surface area contributed by atoms with Crippen LogP contribution in [-0.4, -0.2) is 51.0 Å². The van der Waals surface area contributed by atoms with Crippen molar-refractivity contribution in [1.29, 1.82) is 0 Å². The van der Waals surface area contributed by atoms with E-state index in [0.717, 1.165) is 35.2 Å². The highest BCUT2D eigenvalue weighted by molar-refractivity contribution is 5.81. The van der Waals surface area contributed by atoms with Gasteiger partial charge in [0.1, 0.15) is 6.10 Å². The van der Waals surface area contributed by atoms with E-state index in [-0.39, 0.29) is 23.5 Å². The van der Waals surface area contributed by atoms with Gasteiger partial charge in [0.05, 0.1) is 18.4 Å². The molecule has 0 spiro atoms. The van der Waals surface area contributed by atoms with Gasteiger partial charge < -0.3 is 25.5 Å². The largest absolute Gasteiger partial charge is 0.378 e. The van der Waals surface area contributed by atoms with Crippen LogP contribution >= 0.6 is 0 Å². The Kier molecular flexibility index (Phi) is 9.08. The van der Waals surface area contributed by atoms with Crippen molar-refractivity contribution in [1.82, 2.24) is 10.6 Å². The van der Waals surface area contributed by atoms with Gasteiger partial charge in [0.2, 0.25) is 0 Å². The molecule has 3 unspecified atom stereocenters. The van der Waals surface area contributed by atoms with Crippen molar-refractivity contribution in [2.45, 2.75) is 58.8 Å². The Morgan fingerprint density at radius 3 is 2.53 bits per heavy atom. The number of nitrogen functional groups attached to an aromatic ring is 1. The summed E-state index contributed by atoms with van der Waals surface area (Å²) in [6.45, 7) is 10.2. The van der Waals surface area contributed by atoms with Crippen molar-refractivity contribution in [3.8, 4) is 11.1 Å². The number of carbonyl (C=O) groups excluding carboxylic acids is 1. The second-order valence-electron chi connectivity index (χ2n) is 9.82. The highest BCUT2D eigenvalue weighted by atomic mass is 16.5. The zero-order chi connectivity index (χ0) is 24.7. The fraction of sp³-hybridized carbons (Fsp3) is 0.519. The minimum absolute atomic E-state index is 0.0157. The average molecular weight is 469 g/mol. The molecule has 1 fully saturated rings. The summed E-state index contributed by atoms with van der Waals surface area (Å²) in [5, 5.41) is 6.56. The van der Waals surface area contributed by atoms with Crippen LogP contribution in [0.5, 0.6) is 0 Å². The molecule has 0 saturated carbocycles. The Balaban J connectivity index is 1.71. The smallest absolute Gasteiger partial charge is 0.250 e. The highest BCUT2D eigenvalue weighted by Gasteiger charge is 2.32. The third-order valence-electron chi connectivity index (χ3n) is 7.09. The van der Waals surface area contributed by atoms with E-state index in [1.807, 2.05) is 13.0 Å². The van der Waals surface area contributed by atoms with E-state index in [9.17, 15) is 4.79 Å². The van der Waals surface area contributed by atoms with Crippen LogP contribution in [-0.2, 0) is 20.7 Å². The Morgan fingerprint density at radius 1 is 1.21 bits per heavy atom. The predicted molar refractivity (Wildman–Crippen MR) is 138 cm³/mol. The summed E-state index contributed by atoms with van der Waals surface area (Å²) in [7, 11) is 1.66. The molecule has 0 aromatic heterocycles. The maximum Gasteiger partial charge on any atom is 0.250 e. The minimum Gasteiger partial charge on any atom is -0.378 e. The first-order valence-corrected chi connectivity index (χ1v) is 12.1. The molecule has 5 N–H and O–H groups in total. The summed E-state index contributed by atoms with van der Waals surface area (Å²) in [6, 6.07) is 14.7. The van der Waals surface area contributed by atoms with E-state index in [4.69, 9.17) is 15.3 Å². The van der Waals surface area contributed by atoms with E-state index in [1.165, 1.54) is 5.56 Å².